The van der Waals surface area contributed by atoms with Gasteiger partial charge in [-0.25, -0.2) is 4.79 Å². The number of amides is 2. The molecule has 0 aliphatic carbocycles. The van der Waals surface area contributed by atoms with Gasteiger partial charge < -0.3 is 38.6 Å². The minimum Gasteiger partial charge on any atom is -0.497 e. The number of Topliss-reactive ketones (excluding diaryl/α,β-unsaturated/α-hetero) is 1. The van der Waals surface area contributed by atoms with Gasteiger partial charge in [0.15, 0.2) is 17.3 Å². The summed E-state index contributed by atoms with van der Waals surface area (Å²) >= 11 is 0. The molecule has 12 heteroatoms. The van der Waals surface area contributed by atoms with E-state index in [1.807, 2.05) is 13.8 Å². The van der Waals surface area contributed by atoms with Gasteiger partial charge in [-0.1, -0.05) is 56.3 Å². The summed E-state index contributed by atoms with van der Waals surface area (Å²) in [5.41, 5.74) is -1.39. The van der Waals surface area contributed by atoms with Crippen LogP contribution in [0.2, 0.25) is 0 Å². The largest absolute Gasteiger partial charge is 0.497 e. The molecule has 49 heavy (non-hydrogen) atoms. The fourth-order valence-corrected chi connectivity index (χ4v) is 6.99. The molecule has 1 fully saturated rings. The Morgan fingerprint density at radius 1 is 1.00 bits per heavy atom. The highest BCUT2D eigenvalue weighted by Crippen LogP contribution is 2.56. The van der Waals surface area contributed by atoms with Gasteiger partial charge in [-0.3, -0.25) is 14.4 Å². The van der Waals surface area contributed by atoms with Crippen molar-refractivity contribution in [2.45, 2.75) is 50.8 Å². The molecule has 3 aliphatic rings. The number of esters is 1. The molecule has 3 aliphatic heterocycles. The summed E-state index contributed by atoms with van der Waals surface area (Å²) in [6, 6.07) is 16.9. The number of ether oxygens (including phenoxy) is 6. The number of nitrogens with zero attached hydrogens (tertiary/aromatic N) is 1. The third kappa shape index (κ3) is 5.68. The lowest BCUT2D eigenvalue weighted by Crippen LogP contribution is -2.56. The molecule has 0 bridgehead atoms. The number of carbonyl (C=O) groups excluding carboxylic acids is 4. The molecule has 1 N–H and O–H groups in total. The number of likely N-dealkylation sites (tertiary alicyclic amines) is 1. The Kier molecular flexibility index (Phi) is 9.40. The van der Waals surface area contributed by atoms with Crippen LogP contribution in [0.25, 0.3) is 0 Å². The van der Waals surface area contributed by atoms with E-state index in [0.29, 0.717) is 36.1 Å². The van der Waals surface area contributed by atoms with Gasteiger partial charge in [0.2, 0.25) is 30.0 Å². The Labute approximate surface area is 284 Å². The first-order chi connectivity index (χ1) is 23.7. The highest BCUT2D eigenvalue weighted by molar-refractivity contribution is 6.15. The molecule has 1 saturated heterocycles. The van der Waals surface area contributed by atoms with E-state index in [4.69, 9.17) is 28.4 Å². The molecule has 2 amide bonds. The van der Waals surface area contributed by atoms with Crippen LogP contribution in [0.5, 0.6) is 28.7 Å². The molecule has 5 atom stereocenters. The Morgan fingerprint density at radius 2 is 1.73 bits per heavy atom. The minimum absolute atomic E-state index is 0.0121. The molecule has 0 saturated carbocycles. The average Bonchev–Trinajstić information content (AvgIpc) is 3.78. The number of fused-ring (bicyclic) bond motifs is 2. The van der Waals surface area contributed by atoms with Gasteiger partial charge in [-0.05, 0) is 37.0 Å². The zero-order valence-electron chi connectivity index (χ0n) is 28.1. The summed E-state index contributed by atoms with van der Waals surface area (Å²) in [4.78, 5) is 59.5. The fraction of sp³-hybridized carbons (Fsp3) is 0.405. The van der Waals surface area contributed by atoms with E-state index in [-0.39, 0.29) is 53.7 Å². The first-order valence-electron chi connectivity index (χ1n) is 16.3. The van der Waals surface area contributed by atoms with Crippen LogP contribution in [0.3, 0.4) is 0 Å². The van der Waals surface area contributed by atoms with Crippen LogP contribution in [0.1, 0.15) is 60.5 Å². The van der Waals surface area contributed by atoms with Gasteiger partial charge in [0, 0.05) is 24.1 Å². The quantitative estimate of drug-likeness (QED) is 0.254. The molecule has 3 aromatic rings. The van der Waals surface area contributed by atoms with Crippen molar-refractivity contribution in [2.24, 2.45) is 11.8 Å². The van der Waals surface area contributed by atoms with Crippen LogP contribution in [0, 0.1) is 11.8 Å². The molecule has 0 aromatic heterocycles. The highest BCUT2D eigenvalue weighted by Gasteiger charge is 2.62. The number of carbonyl (C=O) groups is 4. The van der Waals surface area contributed by atoms with E-state index in [1.165, 1.54) is 32.3 Å². The van der Waals surface area contributed by atoms with Gasteiger partial charge in [-0.15, -0.1) is 0 Å². The second-order valence-corrected chi connectivity index (χ2v) is 12.3. The zero-order valence-corrected chi connectivity index (χ0v) is 28.1. The first-order valence-corrected chi connectivity index (χ1v) is 16.3. The van der Waals surface area contributed by atoms with Crippen molar-refractivity contribution in [2.75, 3.05) is 34.7 Å². The van der Waals surface area contributed by atoms with Gasteiger partial charge in [0.05, 0.1) is 27.2 Å². The Morgan fingerprint density at radius 3 is 2.39 bits per heavy atom. The smallest absolute Gasteiger partial charge is 0.355 e. The van der Waals surface area contributed by atoms with Crippen LogP contribution >= 0.6 is 0 Å². The molecule has 0 spiro atoms. The number of nitrogens with one attached hydrogen (secondary N) is 1. The number of methoxy groups -OCH3 is 3. The van der Waals surface area contributed by atoms with Gasteiger partial charge >= 0.3 is 5.97 Å². The van der Waals surface area contributed by atoms with Crippen LogP contribution in [0.15, 0.2) is 60.7 Å². The molecule has 0 radical (unpaired) electrons. The van der Waals surface area contributed by atoms with Crippen molar-refractivity contribution < 1.29 is 47.6 Å². The van der Waals surface area contributed by atoms with Gasteiger partial charge in [0.25, 0.3) is 0 Å². The third-order valence-corrected chi connectivity index (χ3v) is 9.70. The van der Waals surface area contributed by atoms with E-state index < -0.39 is 41.3 Å². The Hall–Kier alpha value is -5.26. The summed E-state index contributed by atoms with van der Waals surface area (Å²) in [6.45, 7) is 3.89. The molecule has 6 rings (SSSR count). The van der Waals surface area contributed by atoms with Crippen molar-refractivity contribution in [3.63, 3.8) is 0 Å². The topological polar surface area (TPSA) is 139 Å². The van der Waals surface area contributed by atoms with Crippen molar-refractivity contribution >= 4 is 23.6 Å². The van der Waals surface area contributed by atoms with Crippen LogP contribution < -0.4 is 29.0 Å². The molecular formula is C37H40N2O10. The lowest BCUT2D eigenvalue weighted by atomic mass is 9.68. The Bertz CT molecular complexity index is 1740. The standard InChI is InChI=1S/C37H40N2O10/c1-6-21(2)34(41)38-27-13-10-18-39(27)35(42)29-30(22-11-8-7-9-12-22)37(36(43)46-5,23-14-16-24(44-3)17-15-23)49-25-19-26-32(48-20-47-26)33(45-4)28(25)31(29)40/h7-9,11-12,14-17,19,21,27,29-30H,6,10,13,18,20H2,1-5H3,(H,38,41)/t21?,27-,29+,30+,37-/m0/s1. The van der Waals surface area contributed by atoms with E-state index in [9.17, 15) is 9.59 Å². The normalized spacial score (nSPS) is 23.1. The van der Waals surface area contributed by atoms with Gasteiger partial charge in [-0.2, -0.15) is 0 Å². The summed E-state index contributed by atoms with van der Waals surface area (Å²) in [5, 5.41) is 3.02. The predicted octanol–water partition coefficient (Wildman–Crippen LogP) is 4.59. The first kappa shape index (κ1) is 33.6. The van der Waals surface area contributed by atoms with Crippen molar-refractivity contribution in [1.29, 1.82) is 0 Å². The summed E-state index contributed by atoms with van der Waals surface area (Å²) < 4.78 is 34.9. The lowest BCUT2D eigenvalue weighted by molar-refractivity contribution is -0.165. The summed E-state index contributed by atoms with van der Waals surface area (Å²) in [5.74, 6) is -4.47. The second kappa shape index (κ2) is 13.7. The van der Waals surface area contributed by atoms with E-state index in [0.717, 1.165) is 0 Å². The highest BCUT2D eigenvalue weighted by atomic mass is 16.7. The monoisotopic (exact) mass is 672 g/mol. The summed E-state index contributed by atoms with van der Waals surface area (Å²) in [6.07, 6.45) is 1.07. The molecular weight excluding hydrogens is 632 g/mol. The molecule has 1 unspecified atom stereocenters. The lowest BCUT2D eigenvalue weighted by Gasteiger charge is -2.41. The van der Waals surface area contributed by atoms with Gasteiger partial charge in [0.1, 0.15) is 29.1 Å². The maximum Gasteiger partial charge on any atom is 0.355 e. The SMILES string of the molecule is CCC(C)C(=O)N[C@@H]1CCCN1C(=O)[C@H]1C(=O)c2c(cc3c(c2OC)OCO3)O[C@@](C(=O)OC)(c2ccc(OC)cc2)[C@@H]1c1ccccc1. The van der Waals surface area contributed by atoms with E-state index >= 15 is 9.59 Å². The van der Waals surface area contributed by atoms with E-state index in [1.54, 1.807) is 54.6 Å². The number of hydrogen-bond donors (Lipinski definition) is 1. The maximum absolute atomic E-state index is 15.2. The zero-order chi connectivity index (χ0) is 34.9. The maximum atomic E-state index is 15.2. The molecule has 3 aromatic carbocycles. The minimum atomic E-state index is -2.10. The van der Waals surface area contributed by atoms with Crippen molar-refractivity contribution in [3.8, 4) is 28.7 Å². The molecule has 3 heterocycles. The summed E-state index contributed by atoms with van der Waals surface area (Å²) in [7, 11) is 4.12. The van der Waals surface area contributed by atoms with Crippen LogP contribution in [-0.2, 0) is 24.7 Å². The third-order valence-electron chi connectivity index (χ3n) is 9.70. The molecule has 258 valence electrons. The number of benzene rings is 3. The average molecular weight is 673 g/mol. The fourth-order valence-electron chi connectivity index (χ4n) is 6.99. The number of hydrogen-bond acceptors (Lipinski definition) is 10. The van der Waals surface area contributed by atoms with Crippen LogP contribution in [-0.4, -0.2) is 69.3 Å². The van der Waals surface area contributed by atoms with E-state index in [2.05, 4.69) is 5.32 Å². The van der Waals surface area contributed by atoms with Crippen LogP contribution in [0.4, 0.5) is 0 Å². The van der Waals surface area contributed by atoms with Crippen molar-refractivity contribution in [3.05, 3.63) is 77.4 Å². The molecule has 12 nitrogen and oxygen atoms in total. The predicted molar refractivity (Wildman–Crippen MR) is 176 cm³/mol. The number of rotatable bonds is 9. The van der Waals surface area contributed by atoms with Crippen molar-refractivity contribution in [1.82, 2.24) is 10.2 Å². The second-order valence-electron chi connectivity index (χ2n) is 12.3. The number of ketones is 1. The Balaban J connectivity index is 1.64.